The van der Waals surface area contributed by atoms with Crippen molar-refractivity contribution in [2.24, 2.45) is 0 Å². The highest BCUT2D eigenvalue weighted by molar-refractivity contribution is 6.39. The summed E-state index contributed by atoms with van der Waals surface area (Å²) in [4.78, 5) is 40.6. The Morgan fingerprint density at radius 2 is 1.67 bits per heavy atom. The molecule has 0 aliphatic carbocycles. The number of ketones is 1. The molecule has 1 aromatic carbocycles. The van der Waals surface area contributed by atoms with E-state index in [-0.39, 0.29) is 5.78 Å². The van der Waals surface area contributed by atoms with E-state index in [0.29, 0.717) is 24.2 Å². The molecule has 0 radical (unpaired) electrons. The molecule has 124 valence electrons. The number of anilines is 1. The van der Waals surface area contributed by atoms with E-state index in [4.69, 9.17) is 0 Å². The van der Waals surface area contributed by atoms with Gasteiger partial charge in [0.2, 0.25) is 0 Å². The lowest BCUT2D eigenvalue weighted by Crippen LogP contribution is -2.38. The Kier molecular flexibility index (Phi) is 5.78. The molecule has 2 amide bonds. The fraction of sp³-hybridized carbons (Fsp3) is 0.222. The zero-order valence-electron chi connectivity index (χ0n) is 13.7. The highest BCUT2D eigenvalue weighted by Crippen LogP contribution is 2.10. The summed E-state index contributed by atoms with van der Waals surface area (Å²) in [5.74, 6) is -1.37. The highest BCUT2D eigenvalue weighted by atomic mass is 16.2. The van der Waals surface area contributed by atoms with Crippen LogP contribution in [0.5, 0.6) is 0 Å². The van der Waals surface area contributed by atoms with Gasteiger partial charge in [0, 0.05) is 37.2 Å². The van der Waals surface area contributed by atoms with Crippen molar-refractivity contribution in [3.63, 3.8) is 0 Å². The minimum atomic E-state index is -0.706. The van der Waals surface area contributed by atoms with Gasteiger partial charge in [-0.1, -0.05) is 0 Å². The van der Waals surface area contributed by atoms with Crippen molar-refractivity contribution in [3.8, 4) is 0 Å². The van der Waals surface area contributed by atoms with Gasteiger partial charge in [-0.3, -0.25) is 19.4 Å². The van der Waals surface area contributed by atoms with Crippen molar-refractivity contribution in [3.05, 3.63) is 59.9 Å². The fourth-order valence-corrected chi connectivity index (χ4v) is 2.09. The number of carbonyl (C=O) groups is 3. The molecule has 1 N–H and O–H groups in total. The van der Waals surface area contributed by atoms with Gasteiger partial charge in [-0.15, -0.1) is 0 Å². The molecule has 0 fully saturated rings. The molecule has 0 unspecified atom stereocenters. The smallest absolute Gasteiger partial charge is 0.313 e. The van der Waals surface area contributed by atoms with Crippen molar-refractivity contribution in [2.45, 2.75) is 13.3 Å². The van der Waals surface area contributed by atoms with E-state index in [1.165, 1.54) is 11.8 Å². The maximum Gasteiger partial charge on any atom is 0.313 e. The molecule has 0 saturated heterocycles. The minimum absolute atomic E-state index is 0.0557. The zero-order valence-corrected chi connectivity index (χ0v) is 13.7. The van der Waals surface area contributed by atoms with Gasteiger partial charge in [-0.2, -0.15) is 0 Å². The summed E-state index contributed by atoms with van der Waals surface area (Å²) in [7, 11) is 1.59. The van der Waals surface area contributed by atoms with Crippen LogP contribution in [0, 0.1) is 0 Å². The number of pyridine rings is 1. The topological polar surface area (TPSA) is 79.4 Å². The van der Waals surface area contributed by atoms with Crippen LogP contribution in [0.15, 0.2) is 48.8 Å². The monoisotopic (exact) mass is 325 g/mol. The number of rotatable bonds is 5. The van der Waals surface area contributed by atoms with E-state index in [9.17, 15) is 14.4 Å². The lowest BCUT2D eigenvalue weighted by Gasteiger charge is -2.16. The Morgan fingerprint density at radius 3 is 2.25 bits per heavy atom. The number of benzene rings is 1. The van der Waals surface area contributed by atoms with Crippen molar-refractivity contribution in [2.75, 3.05) is 18.9 Å². The molecule has 1 aromatic heterocycles. The molecule has 0 spiro atoms. The normalized spacial score (nSPS) is 10.1. The van der Waals surface area contributed by atoms with Crippen LogP contribution in [0.1, 0.15) is 22.8 Å². The molecule has 6 nitrogen and oxygen atoms in total. The zero-order chi connectivity index (χ0) is 17.5. The van der Waals surface area contributed by atoms with E-state index in [1.807, 2.05) is 12.1 Å². The number of amides is 2. The predicted octanol–water partition coefficient (Wildman–Crippen LogP) is 1.92. The Morgan fingerprint density at radius 1 is 1.04 bits per heavy atom. The first-order valence-electron chi connectivity index (χ1n) is 7.53. The summed E-state index contributed by atoms with van der Waals surface area (Å²) >= 11 is 0. The molecule has 0 aliphatic rings. The second-order valence-corrected chi connectivity index (χ2v) is 5.42. The summed E-state index contributed by atoms with van der Waals surface area (Å²) < 4.78 is 0. The number of hydrogen-bond donors (Lipinski definition) is 1. The van der Waals surface area contributed by atoms with E-state index >= 15 is 0 Å². The van der Waals surface area contributed by atoms with Gasteiger partial charge in [0.25, 0.3) is 0 Å². The van der Waals surface area contributed by atoms with Gasteiger partial charge in [-0.25, -0.2) is 0 Å². The van der Waals surface area contributed by atoms with E-state index < -0.39 is 11.8 Å². The summed E-state index contributed by atoms with van der Waals surface area (Å²) in [5.41, 5.74) is 2.07. The molecule has 0 atom stereocenters. The number of hydrogen-bond acceptors (Lipinski definition) is 4. The number of nitrogens with one attached hydrogen (secondary N) is 1. The van der Waals surface area contributed by atoms with Gasteiger partial charge in [0.15, 0.2) is 5.78 Å². The fourth-order valence-electron chi connectivity index (χ4n) is 2.09. The predicted molar refractivity (Wildman–Crippen MR) is 90.7 cm³/mol. The van der Waals surface area contributed by atoms with Crippen molar-refractivity contribution in [1.82, 2.24) is 9.88 Å². The first kappa shape index (κ1) is 17.3. The highest BCUT2D eigenvalue weighted by Gasteiger charge is 2.18. The third kappa shape index (κ3) is 4.74. The molecule has 1 heterocycles. The Hall–Kier alpha value is -3.02. The third-order valence-electron chi connectivity index (χ3n) is 3.58. The molecule has 0 bridgehead atoms. The quantitative estimate of drug-likeness (QED) is 0.673. The first-order valence-corrected chi connectivity index (χ1v) is 7.53. The van der Waals surface area contributed by atoms with Crippen molar-refractivity contribution in [1.29, 1.82) is 0 Å². The molecule has 6 heteroatoms. The molecular formula is C18H19N3O3. The van der Waals surface area contributed by atoms with Crippen LogP contribution < -0.4 is 5.32 Å². The van der Waals surface area contributed by atoms with Gasteiger partial charge in [0.05, 0.1) is 0 Å². The lowest BCUT2D eigenvalue weighted by atomic mass is 10.1. The van der Waals surface area contributed by atoms with Crippen LogP contribution in [-0.4, -0.2) is 41.1 Å². The van der Waals surface area contributed by atoms with Crippen LogP contribution in [0.4, 0.5) is 5.69 Å². The van der Waals surface area contributed by atoms with E-state index in [1.54, 1.807) is 43.7 Å². The Balaban J connectivity index is 1.88. The number of aromatic nitrogens is 1. The Labute approximate surface area is 140 Å². The Bertz CT molecular complexity index is 727. The number of Topliss-reactive ketones (excluding diaryl/α,β-unsaturated/α-hetero) is 1. The molecule has 2 aromatic rings. The summed E-state index contributed by atoms with van der Waals surface area (Å²) in [6.45, 7) is 1.90. The maximum atomic E-state index is 12.1. The van der Waals surface area contributed by atoms with Crippen LogP contribution >= 0.6 is 0 Å². The minimum Gasteiger partial charge on any atom is -0.337 e. The van der Waals surface area contributed by atoms with Crippen molar-refractivity contribution >= 4 is 23.3 Å². The SMILES string of the molecule is CC(=O)c1ccc(NC(=O)C(=O)N(C)CCc2ccncc2)cc1. The number of likely N-dealkylation sites (N-methyl/N-ethyl adjacent to an activating group) is 1. The number of nitrogens with zero attached hydrogens (tertiary/aromatic N) is 2. The van der Waals surface area contributed by atoms with E-state index in [0.717, 1.165) is 5.56 Å². The van der Waals surface area contributed by atoms with Crippen molar-refractivity contribution < 1.29 is 14.4 Å². The molecular weight excluding hydrogens is 306 g/mol. The second-order valence-electron chi connectivity index (χ2n) is 5.42. The van der Waals surface area contributed by atoms with Gasteiger partial charge in [-0.05, 0) is 55.3 Å². The standard InChI is InChI=1S/C18H19N3O3/c1-13(22)15-3-5-16(6-4-15)20-17(23)18(24)21(2)12-9-14-7-10-19-11-8-14/h3-8,10-11H,9,12H2,1-2H3,(H,20,23). The van der Waals surface area contributed by atoms with Crippen LogP contribution in [0.2, 0.25) is 0 Å². The summed E-state index contributed by atoms with van der Waals surface area (Å²) in [6.07, 6.45) is 4.02. The van der Waals surface area contributed by atoms with E-state index in [2.05, 4.69) is 10.3 Å². The average molecular weight is 325 g/mol. The van der Waals surface area contributed by atoms with Crippen LogP contribution in [-0.2, 0) is 16.0 Å². The van der Waals surface area contributed by atoms with Crippen LogP contribution in [0.25, 0.3) is 0 Å². The van der Waals surface area contributed by atoms with Crippen LogP contribution in [0.3, 0.4) is 0 Å². The number of carbonyl (C=O) groups excluding carboxylic acids is 3. The molecule has 0 aliphatic heterocycles. The average Bonchev–Trinajstić information content (AvgIpc) is 2.60. The first-order chi connectivity index (χ1) is 11.5. The van der Waals surface area contributed by atoms with Gasteiger partial charge in [0.1, 0.15) is 0 Å². The van der Waals surface area contributed by atoms with Gasteiger partial charge < -0.3 is 10.2 Å². The van der Waals surface area contributed by atoms with Gasteiger partial charge >= 0.3 is 11.8 Å². The lowest BCUT2D eigenvalue weighted by molar-refractivity contribution is -0.142. The maximum absolute atomic E-state index is 12.1. The second kappa shape index (κ2) is 8.01. The largest absolute Gasteiger partial charge is 0.337 e. The summed E-state index contributed by atoms with van der Waals surface area (Å²) in [5, 5.41) is 2.54. The molecule has 0 saturated carbocycles. The molecule has 24 heavy (non-hydrogen) atoms. The summed E-state index contributed by atoms with van der Waals surface area (Å²) in [6, 6.07) is 10.1. The molecule has 2 rings (SSSR count). The third-order valence-corrected chi connectivity index (χ3v) is 3.58.